The van der Waals surface area contributed by atoms with Crippen LogP contribution in [-0.4, -0.2) is 5.84 Å². The van der Waals surface area contributed by atoms with Crippen molar-refractivity contribution >= 4 is 23.1 Å². The fourth-order valence-corrected chi connectivity index (χ4v) is 1.60. The monoisotopic (exact) mass is 248 g/mol. The molecular weight excluding hydrogens is 239 g/mol. The SMILES string of the molecule is NC(=Nc1cccc(Cl)c1)c1ccccc1F. The predicted molar refractivity (Wildman–Crippen MR) is 68.2 cm³/mol. The summed E-state index contributed by atoms with van der Waals surface area (Å²) in [4.78, 5) is 4.12. The molecule has 0 radical (unpaired) electrons. The van der Waals surface area contributed by atoms with Gasteiger partial charge in [-0.3, -0.25) is 0 Å². The Kier molecular flexibility index (Phi) is 3.40. The van der Waals surface area contributed by atoms with Crippen molar-refractivity contribution in [3.05, 3.63) is 64.9 Å². The summed E-state index contributed by atoms with van der Waals surface area (Å²) in [5.74, 6) is -0.263. The molecule has 2 nitrogen and oxygen atoms in total. The van der Waals surface area contributed by atoms with Gasteiger partial charge in [0.05, 0.1) is 11.3 Å². The maximum atomic E-state index is 13.4. The van der Waals surface area contributed by atoms with Crippen LogP contribution in [0.1, 0.15) is 5.56 Å². The molecule has 0 spiro atoms. The average Bonchev–Trinajstić information content (AvgIpc) is 2.29. The Labute approximate surface area is 104 Å². The summed E-state index contributed by atoms with van der Waals surface area (Å²) in [6.07, 6.45) is 0. The van der Waals surface area contributed by atoms with Crippen LogP contribution in [0.3, 0.4) is 0 Å². The highest BCUT2D eigenvalue weighted by atomic mass is 35.5. The molecule has 0 aromatic heterocycles. The third-order valence-electron chi connectivity index (χ3n) is 2.21. The number of halogens is 2. The van der Waals surface area contributed by atoms with Crippen molar-refractivity contribution < 1.29 is 4.39 Å². The zero-order chi connectivity index (χ0) is 12.3. The molecule has 0 unspecified atom stereocenters. The highest BCUT2D eigenvalue weighted by Crippen LogP contribution is 2.18. The van der Waals surface area contributed by atoms with Gasteiger partial charge in [0.1, 0.15) is 11.7 Å². The average molecular weight is 249 g/mol. The molecular formula is C13H10ClFN2. The van der Waals surface area contributed by atoms with Crippen LogP contribution in [0.25, 0.3) is 0 Å². The minimum atomic E-state index is -0.393. The minimum Gasteiger partial charge on any atom is -0.383 e. The molecule has 0 saturated heterocycles. The van der Waals surface area contributed by atoms with Gasteiger partial charge in [-0.2, -0.15) is 0 Å². The summed E-state index contributed by atoms with van der Waals surface area (Å²) >= 11 is 5.82. The lowest BCUT2D eigenvalue weighted by Crippen LogP contribution is -2.14. The van der Waals surface area contributed by atoms with Crippen molar-refractivity contribution in [2.24, 2.45) is 10.7 Å². The molecule has 0 aliphatic carbocycles. The second kappa shape index (κ2) is 4.97. The van der Waals surface area contributed by atoms with Gasteiger partial charge in [-0.25, -0.2) is 9.38 Å². The van der Waals surface area contributed by atoms with E-state index in [1.807, 2.05) is 0 Å². The summed E-state index contributed by atoms with van der Waals surface area (Å²) in [5.41, 5.74) is 6.63. The molecule has 0 atom stereocenters. The maximum absolute atomic E-state index is 13.4. The number of nitrogens with two attached hydrogens (primary N) is 1. The van der Waals surface area contributed by atoms with Gasteiger partial charge in [-0.15, -0.1) is 0 Å². The molecule has 0 aliphatic heterocycles. The van der Waals surface area contributed by atoms with Gasteiger partial charge >= 0.3 is 0 Å². The number of aliphatic imine (C=N–C) groups is 1. The summed E-state index contributed by atoms with van der Waals surface area (Å²) in [6, 6.07) is 13.1. The van der Waals surface area contributed by atoms with Crippen LogP contribution < -0.4 is 5.73 Å². The first-order valence-corrected chi connectivity index (χ1v) is 5.39. The summed E-state index contributed by atoms with van der Waals surface area (Å²) in [7, 11) is 0. The standard InChI is InChI=1S/C13H10ClFN2/c14-9-4-3-5-10(8-9)17-13(16)11-6-1-2-7-12(11)15/h1-8H,(H2,16,17). The molecule has 0 amide bonds. The number of hydrogen-bond donors (Lipinski definition) is 1. The molecule has 2 aromatic rings. The molecule has 0 saturated carbocycles. The maximum Gasteiger partial charge on any atom is 0.134 e. The molecule has 86 valence electrons. The Morgan fingerprint density at radius 2 is 1.88 bits per heavy atom. The Bertz CT molecular complexity index is 567. The molecule has 0 bridgehead atoms. The Morgan fingerprint density at radius 3 is 2.59 bits per heavy atom. The van der Waals surface area contributed by atoms with Crippen LogP contribution in [0, 0.1) is 5.82 Å². The molecule has 0 heterocycles. The van der Waals surface area contributed by atoms with Crippen molar-refractivity contribution in [2.45, 2.75) is 0 Å². The largest absolute Gasteiger partial charge is 0.383 e. The fourth-order valence-electron chi connectivity index (χ4n) is 1.41. The number of amidine groups is 1. The number of hydrogen-bond acceptors (Lipinski definition) is 1. The van der Waals surface area contributed by atoms with E-state index in [0.29, 0.717) is 10.7 Å². The Hall–Kier alpha value is -1.87. The van der Waals surface area contributed by atoms with E-state index in [4.69, 9.17) is 17.3 Å². The lowest BCUT2D eigenvalue weighted by atomic mass is 10.2. The fraction of sp³-hybridized carbons (Fsp3) is 0. The van der Waals surface area contributed by atoms with Gasteiger partial charge in [0, 0.05) is 5.02 Å². The van der Waals surface area contributed by atoms with E-state index in [0.717, 1.165) is 0 Å². The third kappa shape index (κ3) is 2.82. The topological polar surface area (TPSA) is 38.4 Å². The first kappa shape index (κ1) is 11.6. The summed E-state index contributed by atoms with van der Waals surface area (Å²) in [6.45, 7) is 0. The molecule has 0 fully saturated rings. The zero-order valence-electron chi connectivity index (χ0n) is 8.90. The van der Waals surface area contributed by atoms with Crippen LogP contribution in [0.2, 0.25) is 5.02 Å². The zero-order valence-corrected chi connectivity index (χ0v) is 9.66. The molecule has 4 heteroatoms. The van der Waals surface area contributed by atoms with Crippen LogP contribution in [0.15, 0.2) is 53.5 Å². The van der Waals surface area contributed by atoms with Crippen molar-refractivity contribution in [2.75, 3.05) is 0 Å². The van der Waals surface area contributed by atoms with E-state index in [2.05, 4.69) is 4.99 Å². The van der Waals surface area contributed by atoms with Gasteiger partial charge in [0.25, 0.3) is 0 Å². The molecule has 17 heavy (non-hydrogen) atoms. The third-order valence-corrected chi connectivity index (χ3v) is 2.44. The smallest absolute Gasteiger partial charge is 0.134 e. The second-order valence-corrected chi connectivity index (χ2v) is 3.89. The Balaban J connectivity index is 2.38. The minimum absolute atomic E-state index is 0.130. The van der Waals surface area contributed by atoms with Crippen LogP contribution in [0.5, 0.6) is 0 Å². The van der Waals surface area contributed by atoms with E-state index in [-0.39, 0.29) is 11.4 Å². The first-order valence-electron chi connectivity index (χ1n) is 5.01. The number of benzene rings is 2. The number of rotatable bonds is 2. The van der Waals surface area contributed by atoms with Crippen LogP contribution in [-0.2, 0) is 0 Å². The predicted octanol–water partition coefficient (Wildman–Crippen LogP) is 3.52. The van der Waals surface area contributed by atoms with Crippen LogP contribution in [0.4, 0.5) is 10.1 Å². The van der Waals surface area contributed by atoms with Gasteiger partial charge in [-0.05, 0) is 30.3 Å². The lowest BCUT2D eigenvalue weighted by Gasteiger charge is -2.02. The summed E-state index contributed by atoms with van der Waals surface area (Å²) in [5, 5.41) is 0.563. The van der Waals surface area contributed by atoms with Gasteiger partial charge in [0.2, 0.25) is 0 Å². The highest BCUT2D eigenvalue weighted by Gasteiger charge is 2.04. The molecule has 2 N–H and O–H groups in total. The lowest BCUT2D eigenvalue weighted by molar-refractivity contribution is 0.625. The Morgan fingerprint density at radius 1 is 1.12 bits per heavy atom. The van der Waals surface area contributed by atoms with Crippen molar-refractivity contribution in [3.63, 3.8) is 0 Å². The van der Waals surface area contributed by atoms with E-state index in [1.54, 1.807) is 42.5 Å². The first-order chi connectivity index (χ1) is 8.16. The van der Waals surface area contributed by atoms with Crippen molar-refractivity contribution in [1.29, 1.82) is 0 Å². The number of nitrogens with zero attached hydrogens (tertiary/aromatic N) is 1. The quantitative estimate of drug-likeness (QED) is 0.641. The molecule has 2 rings (SSSR count). The van der Waals surface area contributed by atoms with Crippen molar-refractivity contribution in [3.8, 4) is 0 Å². The van der Waals surface area contributed by atoms with E-state index < -0.39 is 5.82 Å². The molecule has 2 aromatic carbocycles. The highest BCUT2D eigenvalue weighted by molar-refractivity contribution is 6.30. The summed E-state index contributed by atoms with van der Waals surface area (Å²) < 4.78 is 13.4. The van der Waals surface area contributed by atoms with E-state index in [9.17, 15) is 4.39 Å². The van der Waals surface area contributed by atoms with Gasteiger partial charge < -0.3 is 5.73 Å². The molecule has 0 aliphatic rings. The second-order valence-electron chi connectivity index (χ2n) is 3.46. The van der Waals surface area contributed by atoms with Gasteiger partial charge in [-0.1, -0.05) is 29.8 Å². The van der Waals surface area contributed by atoms with Crippen molar-refractivity contribution in [1.82, 2.24) is 0 Å². The van der Waals surface area contributed by atoms with E-state index in [1.165, 1.54) is 6.07 Å². The van der Waals surface area contributed by atoms with Crippen LogP contribution >= 0.6 is 11.6 Å². The van der Waals surface area contributed by atoms with Gasteiger partial charge in [0.15, 0.2) is 0 Å². The normalized spacial score (nSPS) is 11.5. The van der Waals surface area contributed by atoms with E-state index >= 15 is 0 Å².